The molecule has 4 heteroatoms. The van der Waals surface area contributed by atoms with Gasteiger partial charge in [-0.05, 0) is 25.3 Å². The normalized spacial score (nSPS) is 16.3. The van der Waals surface area contributed by atoms with Gasteiger partial charge in [-0.1, -0.05) is 42.0 Å². The lowest BCUT2D eigenvalue weighted by atomic mass is 9.96. The van der Waals surface area contributed by atoms with Crippen LogP contribution in [0.4, 0.5) is 0 Å². The van der Waals surface area contributed by atoms with Gasteiger partial charge in [0.25, 0.3) is 0 Å². The van der Waals surface area contributed by atoms with Crippen molar-refractivity contribution in [3.8, 4) is 0 Å². The summed E-state index contributed by atoms with van der Waals surface area (Å²) in [5.74, 6) is -0.209. The van der Waals surface area contributed by atoms with Crippen molar-refractivity contribution < 1.29 is 9.59 Å². The summed E-state index contributed by atoms with van der Waals surface area (Å²) in [4.78, 5) is 25.0. The molecule has 0 saturated carbocycles. The molecule has 2 rings (SSSR count). The minimum absolute atomic E-state index is 0.0721. The molecule has 0 radical (unpaired) electrons. The predicted molar refractivity (Wildman–Crippen MR) is 83.3 cm³/mol. The maximum Gasteiger partial charge on any atom is 0.226 e. The second-order valence-corrected chi connectivity index (χ2v) is 5.57. The maximum atomic E-state index is 12.1. The Morgan fingerprint density at radius 3 is 2.43 bits per heavy atom. The van der Waals surface area contributed by atoms with Crippen LogP contribution in [0.15, 0.2) is 30.3 Å². The van der Waals surface area contributed by atoms with E-state index < -0.39 is 0 Å². The number of primary amides is 1. The average molecular weight is 286 g/mol. The van der Waals surface area contributed by atoms with Gasteiger partial charge in [0, 0.05) is 25.4 Å². The van der Waals surface area contributed by atoms with Gasteiger partial charge in [-0.25, -0.2) is 0 Å². The van der Waals surface area contributed by atoms with Gasteiger partial charge in [-0.2, -0.15) is 0 Å². The molecule has 1 heterocycles. The van der Waals surface area contributed by atoms with Crippen molar-refractivity contribution in [2.45, 2.75) is 26.2 Å². The third-order valence-corrected chi connectivity index (χ3v) is 3.93. The lowest BCUT2D eigenvalue weighted by Gasteiger charge is -2.30. The number of carbonyl (C=O) groups is 2. The van der Waals surface area contributed by atoms with Crippen molar-refractivity contribution in [3.63, 3.8) is 0 Å². The minimum Gasteiger partial charge on any atom is -0.369 e. The van der Waals surface area contributed by atoms with E-state index in [-0.39, 0.29) is 17.7 Å². The Balaban J connectivity index is 1.80. The van der Waals surface area contributed by atoms with E-state index in [0.29, 0.717) is 32.4 Å². The summed E-state index contributed by atoms with van der Waals surface area (Å²) in [5, 5.41) is 0. The fourth-order valence-corrected chi connectivity index (χ4v) is 2.52. The van der Waals surface area contributed by atoms with Crippen molar-refractivity contribution in [2.75, 3.05) is 13.1 Å². The van der Waals surface area contributed by atoms with Crippen molar-refractivity contribution in [1.29, 1.82) is 0 Å². The van der Waals surface area contributed by atoms with Crippen LogP contribution >= 0.6 is 0 Å². The topological polar surface area (TPSA) is 63.4 Å². The number of aryl methyl sites for hydroxylation is 1. The molecule has 1 aliphatic heterocycles. The van der Waals surface area contributed by atoms with Crippen LogP contribution in [0.1, 0.15) is 30.4 Å². The second-order valence-electron chi connectivity index (χ2n) is 5.57. The highest BCUT2D eigenvalue weighted by Crippen LogP contribution is 2.17. The largest absolute Gasteiger partial charge is 0.369 e. The van der Waals surface area contributed by atoms with Gasteiger partial charge in [0.15, 0.2) is 0 Å². The van der Waals surface area contributed by atoms with E-state index >= 15 is 0 Å². The zero-order valence-electron chi connectivity index (χ0n) is 12.4. The quantitative estimate of drug-likeness (QED) is 0.921. The first-order valence-corrected chi connectivity index (χ1v) is 7.36. The average Bonchev–Trinajstić information content (AvgIpc) is 2.49. The molecular formula is C17H22N2O2. The molecule has 1 aliphatic rings. The zero-order valence-corrected chi connectivity index (χ0v) is 12.4. The molecule has 0 aliphatic carbocycles. The monoisotopic (exact) mass is 286 g/mol. The van der Waals surface area contributed by atoms with E-state index in [9.17, 15) is 9.59 Å². The standard InChI is InChI=1S/C17H22N2O2/c1-13-5-7-14(8-6-13)3-2-4-16(20)19-11-9-15(10-12-19)17(18)21/h2-3,5-8,15H,4,9-12H2,1H3,(H2,18,21)/b3-2+. The van der Waals surface area contributed by atoms with Gasteiger partial charge in [-0.3, -0.25) is 9.59 Å². The second kappa shape index (κ2) is 7.07. The van der Waals surface area contributed by atoms with Crippen molar-refractivity contribution in [3.05, 3.63) is 41.5 Å². The van der Waals surface area contributed by atoms with Crippen molar-refractivity contribution in [1.82, 2.24) is 4.90 Å². The molecule has 1 fully saturated rings. The summed E-state index contributed by atoms with van der Waals surface area (Å²) in [6.45, 7) is 3.31. The number of hydrogen-bond donors (Lipinski definition) is 1. The highest BCUT2D eigenvalue weighted by molar-refractivity contribution is 5.80. The summed E-state index contributed by atoms with van der Waals surface area (Å²) >= 11 is 0. The van der Waals surface area contributed by atoms with Crippen molar-refractivity contribution in [2.24, 2.45) is 11.7 Å². The van der Waals surface area contributed by atoms with Gasteiger partial charge in [0.2, 0.25) is 11.8 Å². The molecule has 1 aromatic carbocycles. The van der Waals surface area contributed by atoms with E-state index in [1.165, 1.54) is 5.56 Å². The van der Waals surface area contributed by atoms with Crippen LogP contribution in [0.25, 0.3) is 6.08 Å². The molecule has 0 atom stereocenters. The highest BCUT2D eigenvalue weighted by atomic mass is 16.2. The van der Waals surface area contributed by atoms with Gasteiger partial charge in [-0.15, -0.1) is 0 Å². The summed E-state index contributed by atoms with van der Waals surface area (Å²) in [6.07, 6.45) is 5.63. The highest BCUT2D eigenvalue weighted by Gasteiger charge is 2.25. The van der Waals surface area contributed by atoms with E-state index in [0.717, 1.165) is 5.56 Å². The third-order valence-electron chi connectivity index (χ3n) is 3.93. The number of amides is 2. The van der Waals surface area contributed by atoms with E-state index in [2.05, 4.69) is 12.1 Å². The Labute approximate surface area is 125 Å². The number of piperidine rings is 1. The van der Waals surface area contributed by atoms with Crippen LogP contribution in [0.2, 0.25) is 0 Å². The first kappa shape index (κ1) is 15.3. The van der Waals surface area contributed by atoms with Gasteiger partial charge >= 0.3 is 0 Å². The number of benzene rings is 1. The Morgan fingerprint density at radius 2 is 1.86 bits per heavy atom. The first-order chi connectivity index (χ1) is 10.1. The number of rotatable bonds is 4. The molecule has 21 heavy (non-hydrogen) atoms. The molecular weight excluding hydrogens is 264 g/mol. The molecule has 0 spiro atoms. The molecule has 1 aromatic rings. The zero-order chi connectivity index (χ0) is 15.2. The summed E-state index contributed by atoms with van der Waals surface area (Å²) in [6, 6.07) is 8.18. The molecule has 2 amide bonds. The molecule has 2 N–H and O–H groups in total. The Morgan fingerprint density at radius 1 is 1.24 bits per heavy atom. The van der Waals surface area contributed by atoms with Crippen LogP contribution in [0.5, 0.6) is 0 Å². The number of nitrogens with two attached hydrogens (primary N) is 1. The number of likely N-dealkylation sites (tertiary alicyclic amines) is 1. The Bertz CT molecular complexity index is 526. The molecule has 112 valence electrons. The van der Waals surface area contributed by atoms with E-state index in [4.69, 9.17) is 5.73 Å². The molecule has 0 bridgehead atoms. The molecule has 0 unspecified atom stereocenters. The number of nitrogens with zero attached hydrogens (tertiary/aromatic N) is 1. The van der Waals surface area contributed by atoms with Gasteiger partial charge < -0.3 is 10.6 Å². The number of carbonyl (C=O) groups excluding carboxylic acids is 2. The third kappa shape index (κ3) is 4.45. The summed E-state index contributed by atoms with van der Waals surface area (Å²) < 4.78 is 0. The molecule has 0 aromatic heterocycles. The van der Waals surface area contributed by atoms with Crippen molar-refractivity contribution >= 4 is 17.9 Å². The van der Waals surface area contributed by atoms with Crippen LogP contribution in [0.3, 0.4) is 0 Å². The van der Waals surface area contributed by atoms with Crippen LogP contribution in [0, 0.1) is 12.8 Å². The van der Waals surface area contributed by atoms with Crippen LogP contribution in [-0.4, -0.2) is 29.8 Å². The predicted octanol–water partition coefficient (Wildman–Crippen LogP) is 2.12. The smallest absolute Gasteiger partial charge is 0.226 e. The minimum atomic E-state index is -0.249. The fourth-order valence-electron chi connectivity index (χ4n) is 2.52. The maximum absolute atomic E-state index is 12.1. The fraction of sp³-hybridized carbons (Fsp3) is 0.412. The van der Waals surface area contributed by atoms with Crippen LogP contribution in [-0.2, 0) is 9.59 Å². The summed E-state index contributed by atoms with van der Waals surface area (Å²) in [5.41, 5.74) is 7.61. The first-order valence-electron chi connectivity index (χ1n) is 7.36. The Hall–Kier alpha value is -2.10. The van der Waals surface area contributed by atoms with Crippen LogP contribution < -0.4 is 5.73 Å². The number of hydrogen-bond acceptors (Lipinski definition) is 2. The lowest BCUT2D eigenvalue weighted by Crippen LogP contribution is -2.41. The summed E-state index contributed by atoms with van der Waals surface area (Å²) in [7, 11) is 0. The van der Waals surface area contributed by atoms with Gasteiger partial charge in [0.05, 0.1) is 0 Å². The molecule has 1 saturated heterocycles. The van der Waals surface area contributed by atoms with Gasteiger partial charge in [0.1, 0.15) is 0 Å². The SMILES string of the molecule is Cc1ccc(/C=C/CC(=O)N2CCC(C(N)=O)CC2)cc1. The van der Waals surface area contributed by atoms with E-state index in [1.807, 2.05) is 36.1 Å². The molecule has 4 nitrogen and oxygen atoms in total. The van der Waals surface area contributed by atoms with E-state index in [1.54, 1.807) is 0 Å². The lowest BCUT2D eigenvalue weighted by molar-refractivity contribution is -0.134. The Kier molecular flexibility index (Phi) is 5.14.